The maximum Gasteiger partial charge on any atom is 0.191 e. The second-order valence-corrected chi connectivity index (χ2v) is 5.66. The van der Waals surface area contributed by atoms with Crippen molar-refractivity contribution in [1.29, 1.82) is 0 Å². The number of hydrogen-bond donors (Lipinski definition) is 2. The Hall–Kier alpha value is -2.03. The van der Waals surface area contributed by atoms with E-state index in [0.717, 1.165) is 52.7 Å². The summed E-state index contributed by atoms with van der Waals surface area (Å²) in [6.45, 7) is 5.21. The topological polar surface area (TPSA) is 75.6 Å². The summed E-state index contributed by atoms with van der Waals surface area (Å²) >= 11 is 0. The van der Waals surface area contributed by atoms with Crippen LogP contribution in [0.5, 0.6) is 0 Å². The van der Waals surface area contributed by atoms with Crippen molar-refractivity contribution in [2.45, 2.75) is 26.8 Å². The molecule has 0 aliphatic rings. The minimum Gasteiger partial charge on any atom is -0.461 e. The van der Waals surface area contributed by atoms with Crippen molar-refractivity contribution in [3.05, 3.63) is 53.1 Å². The molecule has 2 aromatic heterocycles. The third kappa shape index (κ3) is 4.75. The highest BCUT2D eigenvalue weighted by Gasteiger charge is 2.09. The number of aliphatic imine (C=N–C) groups is 1. The Morgan fingerprint density at radius 2 is 2.00 bits per heavy atom. The summed E-state index contributed by atoms with van der Waals surface area (Å²) in [5.41, 5.74) is 2.89. The van der Waals surface area contributed by atoms with E-state index in [9.17, 15) is 0 Å². The third-order valence-electron chi connectivity index (χ3n) is 3.98. The maximum absolute atomic E-state index is 5.81. The number of benzene rings is 1. The van der Waals surface area contributed by atoms with Crippen molar-refractivity contribution in [2.75, 3.05) is 13.6 Å². The Kier molecular flexibility index (Phi) is 6.86. The van der Waals surface area contributed by atoms with Crippen molar-refractivity contribution in [3.8, 4) is 0 Å². The van der Waals surface area contributed by atoms with Gasteiger partial charge in [0.05, 0.1) is 5.69 Å². The van der Waals surface area contributed by atoms with E-state index in [1.165, 1.54) is 0 Å². The quantitative estimate of drug-likeness (QED) is 0.350. The lowest BCUT2D eigenvalue weighted by molar-refractivity contribution is 0.392. The smallest absolute Gasteiger partial charge is 0.191 e. The molecule has 0 spiro atoms. The van der Waals surface area contributed by atoms with E-state index in [1.807, 2.05) is 32.0 Å². The molecule has 25 heavy (non-hydrogen) atoms. The molecule has 3 rings (SSSR count). The third-order valence-corrected chi connectivity index (χ3v) is 3.98. The number of aromatic nitrogens is 1. The van der Waals surface area contributed by atoms with Crippen LogP contribution in [0.3, 0.4) is 0 Å². The molecule has 7 heteroatoms. The van der Waals surface area contributed by atoms with Gasteiger partial charge in [-0.2, -0.15) is 0 Å². The molecule has 0 atom stereocenters. The van der Waals surface area contributed by atoms with Crippen molar-refractivity contribution < 1.29 is 8.94 Å². The van der Waals surface area contributed by atoms with E-state index in [2.05, 4.69) is 32.9 Å². The lowest BCUT2D eigenvalue weighted by atomic mass is 10.2. The van der Waals surface area contributed by atoms with Crippen LogP contribution in [0, 0.1) is 13.8 Å². The Balaban J connectivity index is 0.00000225. The monoisotopic (exact) mass is 454 g/mol. The first-order valence-corrected chi connectivity index (χ1v) is 8.01. The van der Waals surface area contributed by atoms with E-state index in [0.29, 0.717) is 6.54 Å². The van der Waals surface area contributed by atoms with Gasteiger partial charge in [-0.05, 0) is 26.0 Å². The van der Waals surface area contributed by atoms with Crippen LogP contribution in [0.25, 0.3) is 11.0 Å². The van der Waals surface area contributed by atoms with Gasteiger partial charge in [-0.25, -0.2) is 0 Å². The molecular formula is C18H23IN4O2. The number of halogens is 1. The minimum atomic E-state index is 0. The number of rotatable bonds is 5. The van der Waals surface area contributed by atoms with Crippen LogP contribution in [-0.4, -0.2) is 24.7 Å². The highest BCUT2D eigenvalue weighted by molar-refractivity contribution is 14.0. The summed E-state index contributed by atoms with van der Waals surface area (Å²) in [7, 11) is 1.75. The largest absolute Gasteiger partial charge is 0.461 e. The van der Waals surface area contributed by atoms with Gasteiger partial charge in [0, 0.05) is 37.5 Å². The standard InChI is InChI=1S/C18H22N4O2.HI/c1-12-16(13(2)24-22-12)11-21-18(19-3)20-9-8-15-10-14-6-4-5-7-17(14)23-15;/h4-7,10H,8-9,11H2,1-3H3,(H2,19,20,21);1H. The van der Waals surface area contributed by atoms with Crippen LogP contribution in [0.15, 0.2) is 44.3 Å². The zero-order chi connectivity index (χ0) is 16.9. The number of furan rings is 1. The van der Waals surface area contributed by atoms with Gasteiger partial charge in [0.2, 0.25) is 0 Å². The fourth-order valence-electron chi connectivity index (χ4n) is 2.61. The molecular weight excluding hydrogens is 431 g/mol. The number of para-hydroxylation sites is 1. The average Bonchev–Trinajstić information content (AvgIpc) is 3.14. The minimum absolute atomic E-state index is 0. The van der Waals surface area contributed by atoms with Crippen LogP contribution < -0.4 is 10.6 Å². The normalized spacial score (nSPS) is 11.4. The Morgan fingerprint density at radius 3 is 2.68 bits per heavy atom. The fourth-order valence-corrected chi connectivity index (χ4v) is 2.61. The first-order valence-electron chi connectivity index (χ1n) is 8.01. The predicted octanol–water partition coefficient (Wildman–Crippen LogP) is 3.56. The lowest BCUT2D eigenvalue weighted by Crippen LogP contribution is -2.38. The van der Waals surface area contributed by atoms with E-state index < -0.39 is 0 Å². The van der Waals surface area contributed by atoms with Gasteiger partial charge in [0.15, 0.2) is 5.96 Å². The summed E-state index contributed by atoms with van der Waals surface area (Å²) in [4.78, 5) is 4.23. The van der Waals surface area contributed by atoms with Crippen LogP contribution in [0.2, 0.25) is 0 Å². The number of fused-ring (bicyclic) bond motifs is 1. The molecule has 6 nitrogen and oxygen atoms in total. The van der Waals surface area contributed by atoms with Gasteiger partial charge in [-0.3, -0.25) is 4.99 Å². The van der Waals surface area contributed by atoms with Crippen LogP contribution in [0.4, 0.5) is 0 Å². The van der Waals surface area contributed by atoms with Gasteiger partial charge >= 0.3 is 0 Å². The molecule has 2 heterocycles. The van der Waals surface area contributed by atoms with Crippen LogP contribution in [0.1, 0.15) is 22.8 Å². The Morgan fingerprint density at radius 1 is 1.20 bits per heavy atom. The number of nitrogens with zero attached hydrogens (tertiary/aromatic N) is 2. The van der Waals surface area contributed by atoms with Gasteiger partial charge in [0.1, 0.15) is 17.1 Å². The molecule has 0 amide bonds. The second-order valence-electron chi connectivity index (χ2n) is 5.66. The highest BCUT2D eigenvalue weighted by atomic mass is 127. The van der Waals surface area contributed by atoms with E-state index in [-0.39, 0.29) is 24.0 Å². The lowest BCUT2D eigenvalue weighted by Gasteiger charge is -2.11. The Bertz CT molecular complexity index is 801. The second kappa shape index (κ2) is 8.89. The molecule has 2 N–H and O–H groups in total. The maximum atomic E-state index is 5.81. The number of hydrogen-bond acceptors (Lipinski definition) is 4. The fraction of sp³-hybridized carbons (Fsp3) is 0.333. The molecule has 3 aromatic rings. The molecule has 0 aliphatic heterocycles. The summed E-state index contributed by atoms with van der Waals surface area (Å²) < 4.78 is 11.0. The SMILES string of the molecule is CN=C(NCCc1cc2ccccc2o1)NCc1c(C)noc1C.I. The van der Waals surface area contributed by atoms with E-state index >= 15 is 0 Å². The number of guanidine groups is 1. The molecule has 0 radical (unpaired) electrons. The van der Waals surface area contributed by atoms with Gasteiger partial charge in [-0.15, -0.1) is 24.0 Å². The number of nitrogens with one attached hydrogen (secondary N) is 2. The van der Waals surface area contributed by atoms with Gasteiger partial charge in [0.25, 0.3) is 0 Å². The van der Waals surface area contributed by atoms with E-state index in [4.69, 9.17) is 8.94 Å². The summed E-state index contributed by atoms with van der Waals surface area (Å²) in [5.74, 6) is 2.54. The van der Waals surface area contributed by atoms with Crippen molar-refractivity contribution in [2.24, 2.45) is 4.99 Å². The van der Waals surface area contributed by atoms with Crippen molar-refractivity contribution >= 4 is 40.9 Å². The summed E-state index contributed by atoms with van der Waals surface area (Å²) in [5, 5.41) is 11.7. The molecule has 0 aliphatic carbocycles. The highest BCUT2D eigenvalue weighted by Crippen LogP contribution is 2.18. The van der Waals surface area contributed by atoms with Gasteiger partial charge in [-0.1, -0.05) is 23.4 Å². The van der Waals surface area contributed by atoms with E-state index in [1.54, 1.807) is 7.05 Å². The first kappa shape index (κ1) is 19.3. The molecule has 0 unspecified atom stereocenters. The zero-order valence-electron chi connectivity index (χ0n) is 14.6. The first-order chi connectivity index (χ1) is 11.7. The molecule has 0 bridgehead atoms. The molecule has 0 fully saturated rings. The van der Waals surface area contributed by atoms with Crippen LogP contribution in [-0.2, 0) is 13.0 Å². The van der Waals surface area contributed by atoms with Crippen molar-refractivity contribution in [1.82, 2.24) is 15.8 Å². The summed E-state index contributed by atoms with van der Waals surface area (Å²) in [6.07, 6.45) is 0.792. The predicted molar refractivity (Wildman–Crippen MR) is 110 cm³/mol. The summed E-state index contributed by atoms with van der Waals surface area (Å²) in [6, 6.07) is 10.1. The Labute approximate surface area is 164 Å². The molecule has 0 saturated carbocycles. The molecule has 134 valence electrons. The number of aryl methyl sites for hydroxylation is 2. The average molecular weight is 454 g/mol. The zero-order valence-corrected chi connectivity index (χ0v) is 17.0. The van der Waals surface area contributed by atoms with Crippen molar-refractivity contribution in [3.63, 3.8) is 0 Å². The molecule has 0 saturated heterocycles. The van der Waals surface area contributed by atoms with Crippen LogP contribution >= 0.6 is 24.0 Å². The van der Waals surface area contributed by atoms with Gasteiger partial charge < -0.3 is 19.6 Å². The molecule has 1 aromatic carbocycles.